The van der Waals surface area contributed by atoms with E-state index in [1.165, 1.54) is 30.5 Å². The summed E-state index contributed by atoms with van der Waals surface area (Å²) in [6.45, 7) is 3.97. The molecule has 2 rings (SSSR count). The molecule has 1 aliphatic rings. The molecule has 0 radical (unpaired) electrons. The Kier molecular flexibility index (Phi) is 3.87. The van der Waals surface area contributed by atoms with Crippen LogP contribution in [0.5, 0.6) is 0 Å². The van der Waals surface area contributed by atoms with E-state index < -0.39 is 0 Å². The van der Waals surface area contributed by atoms with E-state index in [2.05, 4.69) is 46.0 Å². The molecule has 0 bridgehead atoms. The van der Waals surface area contributed by atoms with Crippen LogP contribution in [-0.2, 0) is 6.54 Å². The molecule has 1 saturated carbocycles. The molecule has 3 heteroatoms. The average molecular weight is 283 g/mol. The van der Waals surface area contributed by atoms with Crippen LogP contribution in [0, 0.1) is 0 Å². The van der Waals surface area contributed by atoms with Gasteiger partial charge in [0.2, 0.25) is 0 Å². The molecule has 0 atom stereocenters. The first-order valence-electron chi connectivity index (χ1n) is 6.02. The smallest absolute Gasteiger partial charge is 0.0425 e. The number of rotatable bonds is 5. The predicted molar refractivity (Wildman–Crippen MR) is 72.7 cm³/mol. The van der Waals surface area contributed by atoms with E-state index in [1.807, 2.05) is 0 Å². The Labute approximate surface area is 106 Å². The Balaban J connectivity index is 2.32. The summed E-state index contributed by atoms with van der Waals surface area (Å²) in [5.74, 6) is 0. The van der Waals surface area contributed by atoms with Crippen molar-refractivity contribution in [3.8, 4) is 0 Å². The third-order valence-corrected chi connectivity index (χ3v) is 3.80. The molecular weight excluding hydrogens is 264 g/mol. The summed E-state index contributed by atoms with van der Waals surface area (Å²) in [7, 11) is 0. The molecule has 0 saturated heterocycles. The molecule has 0 spiro atoms. The zero-order valence-electron chi connectivity index (χ0n) is 9.75. The number of nitrogens with zero attached hydrogens (tertiary/aromatic N) is 1. The Morgan fingerprint density at radius 1 is 1.44 bits per heavy atom. The van der Waals surface area contributed by atoms with Gasteiger partial charge < -0.3 is 10.6 Å². The zero-order valence-corrected chi connectivity index (χ0v) is 11.3. The van der Waals surface area contributed by atoms with Gasteiger partial charge in [0.25, 0.3) is 0 Å². The van der Waals surface area contributed by atoms with Gasteiger partial charge in [-0.2, -0.15) is 0 Å². The van der Waals surface area contributed by atoms with Crippen molar-refractivity contribution < 1.29 is 0 Å². The summed E-state index contributed by atoms with van der Waals surface area (Å²) in [5, 5.41) is 0. The first-order chi connectivity index (χ1) is 7.77. The number of halogens is 1. The highest BCUT2D eigenvalue weighted by Crippen LogP contribution is 2.35. The van der Waals surface area contributed by atoms with E-state index in [0.29, 0.717) is 6.54 Å². The van der Waals surface area contributed by atoms with Gasteiger partial charge in [-0.1, -0.05) is 28.9 Å². The Morgan fingerprint density at radius 3 is 2.75 bits per heavy atom. The van der Waals surface area contributed by atoms with Crippen molar-refractivity contribution in [2.45, 2.75) is 38.8 Å². The molecule has 0 heterocycles. The average Bonchev–Trinajstić information content (AvgIpc) is 3.09. The highest BCUT2D eigenvalue weighted by Gasteiger charge is 2.29. The van der Waals surface area contributed by atoms with Gasteiger partial charge in [-0.15, -0.1) is 0 Å². The third kappa shape index (κ3) is 2.41. The van der Waals surface area contributed by atoms with Gasteiger partial charge in [0.05, 0.1) is 0 Å². The van der Waals surface area contributed by atoms with Crippen molar-refractivity contribution in [3.05, 3.63) is 28.2 Å². The minimum Gasteiger partial charge on any atom is -0.368 e. The largest absolute Gasteiger partial charge is 0.368 e. The van der Waals surface area contributed by atoms with E-state index in [-0.39, 0.29) is 0 Å². The highest BCUT2D eigenvalue weighted by molar-refractivity contribution is 9.10. The van der Waals surface area contributed by atoms with Gasteiger partial charge in [0.15, 0.2) is 0 Å². The second kappa shape index (κ2) is 5.19. The zero-order chi connectivity index (χ0) is 11.5. The molecule has 0 aromatic heterocycles. The normalized spacial score (nSPS) is 15.2. The number of benzene rings is 1. The molecule has 1 aliphatic carbocycles. The summed E-state index contributed by atoms with van der Waals surface area (Å²) in [5.41, 5.74) is 8.41. The second-order valence-electron chi connectivity index (χ2n) is 4.37. The lowest BCUT2D eigenvalue weighted by molar-refractivity contribution is 0.756. The number of hydrogen-bond acceptors (Lipinski definition) is 2. The first kappa shape index (κ1) is 11.9. The number of hydrogen-bond donors (Lipinski definition) is 1. The van der Waals surface area contributed by atoms with Crippen LogP contribution in [0.3, 0.4) is 0 Å². The van der Waals surface area contributed by atoms with Crippen molar-refractivity contribution in [1.82, 2.24) is 0 Å². The molecular formula is C13H19BrN2. The van der Waals surface area contributed by atoms with Crippen molar-refractivity contribution in [3.63, 3.8) is 0 Å². The third-order valence-electron chi connectivity index (χ3n) is 3.06. The summed E-state index contributed by atoms with van der Waals surface area (Å²) >= 11 is 3.59. The molecule has 1 aromatic rings. The molecule has 0 amide bonds. The van der Waals surface area contributed by atoms with Crippen LogP contribution in [0.25, 0.3) is 0 Å². The van der Waals surface area contributed by atoms with Gasteiger partial charge in [-0.3, -0.25) is 0 Å². The van der Waals surface area contributed by atoms with E-state index in [4.69, 9.17) is 5.73 Å². The Hall–Kier alpha value is -0.540. The quantitative estimate of drug-likeness (QED) is 0.898. The molecule has 88 valence electrons. The fraction of sp³-hybridized carbons (Fsp3) is 0.538. The van der Waals surface area contributed by atoms with Crippen LogP contribution in [0.1, 0.15) is 31.7 Å². The Morgan fingerprint density at radius 2 is 2.19 bits per heavy atom. The molecule has 2 nitrogen and oxygen atoms in total. The lowest BCUT2D eigenvalue weighted by Gasteiger charge is -2.27. The lowest BCUT2D eigenvalue weighted by atomic mass is 10.1. The fourth-order valence-electron chi connectivity index (χ4n) is 2.15. The maximum atomic E-state index is 5.85. The van der Waals surface area contributed by atoms with Gasteiger partial charge in [-0.05, 0) is 31.4 Å². The van der Waals surface area contributed by atoms with Gasteiger partial charge >= 0.3 is 0 Å². The molecule has 1 fully saturated rings. The minimum atomic E-state index is 0.601. The monoisotopic (exact) mass is 282 g/mol. The van der Waals surface area contributed by atoms with Crippen molar-refractivity contribution >= 4 is 21.6 Å². The lowest BCUT2D eigenvalue weighted by Crippen LogP contribution is -2.28. The minimum absolute atomic E-state index is 0.601. The van der Waals surface area contributed by atoms with E-state index in [0.717, 1.165) is 17.1 Å². The van der Waals surface area contributed by atoms with Crippen LogP contribution < -0.4 is 10.6 Å². The highest BCUT2D eigenvalue weighted by atomic mass is 79.9. The summed E-state index contributed by atoms with van der Waals surface area (Å²) < 4.78 is 1.13. The molecule has 2 N–H and O–H groups in total. The SMILES string of the molecule is CCCN(c1cccc(Br)c1CN)C1CC1. The summed E-state index contributed by atoms with van der Waals surface area (Å²) in [6.07, 6.45) is 3.85. The topological polar surface area (TPSA) is 29.3 Å². The molecule has 0 unspecified atom stereocenters. The van der Waals surface area contributed by atoms with Crippen LogP contribution in [0.4, 0.5) is 5.69 Å². The standard InChI is InChI=1S/C13H19BrN2/c1-2-8-16(10-6-7-10)13-5-3-4-12(14)11(13)9-15/h3-5,10H,2,6-9,15H2,1H3. The van der Waals surface area contributed by atoms with Crippen LogP contribution in [-0.4, -0.2) is 12.6 Å². The predicted octanol–water partition coefficient (Wildman–Crippen LogP) is 3.29. The van der Waals surface area contributed by atoms with Crippen molar-refractivity contribution in [2.24, 2.45) is 5.73 Å². The Bertz CT molecular complexity index is 361. The maximum Gasteiger partial charge on any atom is 0.0425 e. The van der Waals surface area contributed by atoms with Crippen molar-refractivity contribution in [1.29, 1.82) is 0 Å². The van der Waals surface area contributed by atoms with Gasteiger partial charge in [0.1, 0.15) is 0 Å². The van der Waals surface area contributed by atoms with Gasteiger partial charge in [0, 0.05) is 34.9 Å². The van der Waals surface area contributed by atoms with Crippen molar-refractivity contribution in [2.75, 3.05) is 11.4 Å². The van der Waals surface area contributed by atoms with E-state index in [9.17, 15) is 0 Å². The second-order valence-corrected chi connectivity index (χ2v) is 5.22. The van der Waals surface area contributed by atoms with Crippen LogP contribution >= 0.6 is 15.9 Å². The van der Waals surface area contributed by atoms with Crippen LogP contribution in [0.2, 0.25) is 0 Å². The summed E-state index contributed by atoms with van der Waals surface area (Å²) in [6, 6.07) is 7.12. The number of nitrogens with two attached hydrogens (primary N) is 1. The van der Waals surface area contributed by atoms with Crippen LogP contribution in [0.15, 0.2) is 22.7 Å². The fourth-order valence-corrected chi connectivity index (χ4v) is 2.66. The molecule has 0 aliphatic heterocycles. The molecule has 16 heavy (non-hydrogen) atoms. The number of anilines is 1. The van der Waals surface area contributed by atoms with E-state index in [1.54, 1.807) is 0 Å². The first-order valence-corrected chi connectivity index (χ1v) is 6.81. The molecule has 1 aromatic carbocycles. The maximum absolute atomic E-state index is 5.85. The van der Waals surface area contributed by atoms with Gasteiger partial charge in [-0.25, -0.2) is 0 Å². The van der Waals surface area contributed by atoms with E-state index >= 15 is 0 Å². The summed E-state index contributed by atoms with van der Waals surface area (Å²) in [4.78, 5) is 2.52.